The van der Waals surface area contributed by atoms with Gasteiger partial charge in [0.2, 0.25) is 0 Å². The topological polar surface area (TPSA) is 25.8 Å². The van der Waals surface area contributed by atoms with Crippen molar-refractivity contribution in [3.63, 3.8) is 0 Å². The Morgan fingerprint density at radius 2 is 1.60 bits per heavy atom. The summed E-state index contributed by atoms with van der Waals surface area (Å²) in [4.78, 5) is 9.24. The number of rotatable bonds is 2. The summed E-state index contributed by atoms with van der Waals surface area (Å²) in [6, 6.07) is 4.32. The normalized spacial score (nSPS) is 11.2. The molecule has 0 atom stereocenters. The quantitative estimate of drug-likeness (QED) is 0.495. The van der Waals surface area contributed by atoms with Gasteiger partial charge in [-0.1, -0.05) is 43.1 Å². The van der Waals surface area contributed by atoms with Crippen molar-refractivity contribution in [3.8, 4) is 11.4 Å². The summed E-state index contributed by atoms with van der Waals surface area (Å²) >= 11 is 8.51. The van der Waals surface area contributed by atoms with Gasteiger partial charge >= 0.3 is 0 Å². The van der Waals surface area contributed by atoms with Crippen molar-refractivity contribution < 1.29 is 0 Å². The molecule has 106 valence electrons. The average molecular weight is 401 g/mol. The van der Waals surface area contributed by atoms with E-state index in [0.717, 1.165) is 20.7 Å². The predicted molar refractivity (Wildman–Crippen MR) is 93.5 cm³/mol. The van der Waals surface area contributed by atoms with Crippen LogP contribution in [-0.2, 0) is 0 Å². The molecule has 2 aromatic rings. The fourth-order valence-electron chi connectivity index (χ4n) is 2.46. The van der Waals surface area contributed by atoms with Crippen molar-refractivity contribution in [2.75, 3.05) is 0 Å². The lowest BCUT2D eigenvalue weighted by Gasteiger charge is -2.14. The zero-order valence-corrected chi connectivity index (χ0v) is 15.3. The fourth-order valence-corrected chi connectivity index (χ4v) is 3.50. The fraction of sp³-hybridized carbons (Fsp3) is 0.375. The van der Waals surface area contributed by atoms with E-state index in [0.29, 0.717) is 11.1 Å². The van der Waals surface area contributed by atoms with Crippen molar-refractivity contribution in [1.82, 2.24) is 9.97 Å². The summed E-state index contributed by atoms with van der Waals surface area (Å²) in [6.07, 6.45) is 0. The molecular weight excluding hydrogens is 383 g/mol. The lowest BCUT2D eigenvalue weighted by Crippen LogP contribution is -2.04. The van der Waals surface area contributed by atoms with E-state index in [-0.39, 0.29) is 0 Å². The lowest BCUT2D eigenvalue weighted by molar-refractivity contribution is 0.808. The monoisotopic (exact) mass is 400 g/mol. The van der Waals surface area contributed by atoms with E-state index in [2.05, 4.69) is 74.3 Å². The molecule has 0 saturated carbocycles. The van der Waals surface area contributed by atoms with Gasteiger partial charge in [0.05, 0.1) is 9.26 Å². The van der Waals surface area contributed by atoms with Gasteiger partial charge in [-0.15, -0.1) is 0 Å². The molecule has 1 aromatic carbocycles. The Hall–Kier alpha value is -0.680. The van der Waals surface area contributed by atoms with Crippen LogP contribution in [0, 0.1) is 24.3 Å². The van der Waals surface area contributed by atoms with Crippen molar-refractivity contribution in [1.29, 1.82) is 0 Å². The zero-order valence-electron chi connectivity index (χ0n) is 12.4. The first-order chi connectivity index (χ1) is 9.31. The molecule has 0 aliphatic carbocycles. The third-order valence-corrected chi connectivity index (χ3v) is 4.94. The maximum Gasteiger partial charge on any atom is 0.161 e. The number of benzene rings is 1. The predicted octanol–water partition coefficient (Wildman–Crippen LogP) is 5.45. The van der Waals surface area contributed by atoms with Crippen LogP contribution in [0.5, 0.6) is 0 Å². The second-order valence-electron chi connectivity index (χ2n) is 5.47. The zero-order chi connectivity index (χ0) is 15.0. The van der Waals surface area contributed by atoms with Crippen LogP contribution in [0.2, 0.25) is 5.15 Å². The van der Waals surface area contributed by atoms with Crippen LogP contribution in [0.4, 0.5) is 0 Å². The smallest absolute Gasteiger partial charge is 0.161 e. The second-order valence-corrected chi connectivity index (χ2v) is 6.90. The molecule has 0 spiro atoms. The molecule has 4 heteroatoms. The van der Waals surface area contributed by atoms with Gasteiger partial charge in [-0.2, -0.15) is 0 Å². The maximum atomic E-state index is 6.29. The first kappa shape index (κ1) is 15.7. The van der Waals surface area contributed by atoms with Gasteiger partial charge < -0.3 is 0 Å². The van der Waals surface area contributed by atoms with Gasteiger partial charge in [0.15, 0.2) is 5.82 Å². The lowest BCUT2D eigenvalue weighted by atomic mass is 9.99. The molecule has 0 saturated heterocycles. The van der Waals surface area contributed by atoms with Gasteiger partial charge in [-0.25, -0.2) is 9.97 Å². The summed E-state index contributed by atoms with van der Waals surface area (Å²) in [6.45, 7) is 10.5. The van der Waals surface area contributed by atoms with Crippen LogP contribution in [0.3, 0.4) is 0 Å². The first-order valence-corrected chi connectivity index (χ1v) is 8.08. The molecule has 0 aliphatic heterocycles. The minimum absolute atomic E-state index is 0.326. The number of hydrogen-bond donors (Lipinski definition) is 0. The molecule has 1 heterocycles. The average Bonchev–Trinajstić information content (AvgIpc) is 2.31. The standard InChI is InChI=1S/C16H18ClIN2/c1-8(2)14-13(18)15(17)20-16(19-14)12-10(4)6-9(3)7-11(12)5/h6-8H,1-5H3. The Bertz CT molecular complexity index is 643. The van der Waals surface area contributed by atoms with Gasteiger partial charge in [0.25, 0.3) is 0 Å². The summed E-state index contributed by atoms with van der Waals surface area (Å²) in [7, 11) is 0. The number of halogens is 2. The third-order valence-electron chi connectivity index (χ3n) is 3.28. The van der Waals surface area contributed by atoms with Gasteiger partial charge in [0.1, 0.15) is 5.15 Å². The van der Waals surface area contributed by atoms with E-state index in [4.69, 9.17) is 16.6 Å². The highest BCUT2D eigenvalue weighted by Crippen LogP contribution is 2.31. The molecule has 0 N–H and O–H groups in total. The van der Waals surface area contributed by atoms with E-state index in [1.807, 2.05) is 0 Å². The number of aryl methyl sites for hydroxylation is 3. The van der Waals surface area contributed by atoms with E-state index < -0.39 is 0 Å². The van der Waals surface area contributed by atoms with Crippen molar-refractivity contribution >= 4 is 34.2 Å². The minimum atomic E-state index is 0.326. The van der Waals surface area contributed by atoms with Crippen LogP contribution in [0.25, 0.3) is 11.4 Å². The largest absolute Gasteiger partial charge is 0.232 e. The molecule has 20 heavy (non-hydrogen) atoms. The molecule has 2 rings (SSSR count). The van der Waals surface area contributed by atoms with Crippen LogP contribution >= 0.6 is 34.2 Å². The molecule has 0 fully saturated rings. The first-order valence-electron chi connectivity index (χ1n) is 6.62. The molecule has 0 radical (unpaired) electrons. The maximum absolute atomic E-state index is 6.29. The molecule has 0 bridgehead atoms. The Labute approximate surface area is 139 Å². The van der Waals surface area contributed by atoms with Crippen molar-refractivity contribution in [3.05, 3.63) is 43.2 Å². The SMILES string of the molecule is Cc1cc(C)c(-c2nc(Cl)c(I)c(C(C)C)n2)c(C)c1. The van der Waals surface area contributed by atoms with Crippen LogP contribution in [0.15, 0.2) is 12.1 Å². The molecule has 0 unspecified atom stereocenters. The van der Waals surface area contributed by atoms with Crippen LogP contribution in [0.1, 0.15) is 42.1 Å². The highest BCUT2D eigenvalue weighted by molar-refractivity contribution is 14.1. The number of hydrogen-bond acceptors (Lipinski definition) is 2. The Kier molecular flexibility index (Phi) is 4.69. The number of nitrogens with zero attached hydrogens (tertiary/aromatic N) is 2. The summed E-state index contributed by atoms with van der Waals surface area (Å²) in [5, 5.41) is 0.540. The molecule has 0 aliphatic rings. The Balaban J connectivity index is 2.71. The summed E-state index contributed by atoms with van der Waals surface area (Å²) in [5.74, 6) is 1.06. The van der Waals surface area contributed by atoms with Gasteiger partial charge in [0, 0.05) is 5.56 Å². The van der Waals surface area contributed by atoms with E-state index in [9.17, 15) is 0 Å². The molecule has 1 aromatic heterocycles. The molecule has 2 nitrogen and oxygen atoms in total. The third kappa shape index (κ3) is 2.98. The number of aromatic nitrogens is 2. The van der Waals surface area contributed by atoms with E-state index in [1.165, 1.54) is 16.7 Å². The molecule has 0 amide bonds. The van der Waals surface area contributed by atoms with Crippen molar-refractivity contribution in [2.24, 2.45) is 0 Å². The Morgan fingerprint density at radius 3 is 2.10 bits per heavy atom. The van der Waals surface area contributed by atoms with E-state index >= 15 is 0 Å². The van der Waals surface area contributed by atoms with E-state index in [1.54, 1.807) is 0 Å². The summed E-state index contributed by atoms with van der Waals surface area (Å²) < 4.78 is 0.949. The highest BCUT2D eigenvalue weighted by Gasteiger charge is 2.17. The van der Waals surface area contributed by atoms with Gasteiger partial charge in [-0.05, 0) is 60.4 Å². The van der Waals surface area contributed by atoms with Crippen molar-refractivity contribution in [2.45, 2.75) is 40.5 Å². The Morgan fingerprint density at radius 1 is 1.05 bits per heavy atom. The highest BCUT2D eigenvalue weighted by atomic mass is 127. The minimum Gasteiger partial charge on any atom is -0.232 e. The molecular formula is C16H18ClIN2. The second kappa shape index (κ2) is 5.98. The van der Waals surface area contributed by atoms with Crippen LogP contribution in [-0.4, -0.2) is 9.97 Å². The summed E-state index contributed by atoms with van der Waals surface area (Å²) in [5.41, 5.74) is 5.74. The van der Waals surface area contributed by atoms with Crippen LogP contribution < -0.4 is 0 Å². The van der Waals surface area contributed by atoms with Gasteiger partial charge in [-0.3, -0.25) is 0 Å².